The van der Waals surface area contributed by atoms with Crippen molar-refractivity contribution in [3.05, 3.63) is 44.4 Å². The summed E-state index contributed by atoms with van der Waals surface area (Å²) in [5.74, 6) is 0. The number of hydrogen-bond donors (Lipinski definition) is 1. The van der Waals surface area contributed by atoms with E-state index in [1.807, 2.05) is 4.90 Å². The first kappa shape index (κ1) is 13.0. The van der Waals surface area contributed by atoms with Gasteiger partial charge in [0.2, 0.25) is 6.54 Å². The van der Waals surface area contributed by atoms with Crippen LogP contribution in [0.15, 0.2) is 18.3 Å². The third-order valence-corrected chi connectivity index (χ3v) is 3.15. The lowest BCUT2D eigenvalue weighted by Crippen LogP contribution is -2.41. The SMILES string of the molecule is O=[N+]([O-])CC1NCCN1Cc1ccc(Cl)[n+]([O-])c1. The smallest absolute Gasteiger partial charge is 0.286 e. The standard InChI is InChI=1S/C10H13ClN4O3/c11-9-2-1-8(6-14(9)16)5-13-4-3-12-10(13)7-15(17)18/h1-2,6,10,12H,3-5,7H2. The Bertz CT molecular complexity index is 457. The van der Waals surface area contributed by atoms with Crippen LogP contribution in [0.2, 0.25) is 5.15 Å². The molecule has 1 unspecified atom stereocenters. The molecule has 1 fully saturated rings. The number of nitro groups is 1. The summed E-state index contributed by atoms with van der Waals surface area (Å²) in [4.78, 5) is 12.1. The van der Waals surface area contributed by atoms with Crippen molar-refractivity contribution < 1.29 is 9.65 Å². The fourth-order valence-corrected chi connectivity index (χ4v) is 2.11. The maximum Gasteiger partial charge on any atom is 0.286 e. The fourth-order valence-electron chi connectivity index (χ4n) is 2.00. The topological polar surface area (TPSA) is 85.4 Å². The maximum absolute atomic E-state index is 11.3. The van der Waals surface area contributed by atoms with Gasteiger partial charge in [-0.1, -0.05) is 0 Å². The maximum atomic E-state index is 11.3. The zero-order chi connectivity index (χ0) is 13.1. The summed E-state index contributed by atoms with van der Waals surface area (Å²) in [5, 5.41) is 25.0. The normalized spacial score (nSPS) is 20.2. The molecular weight excluding hydrogens is 260 g/mol. The Morgan fingerprint density at radius 3 is 3.06 bits per heavy atom. The Morgan fingerprint density at radius 2 is 2.39 bits per heavy atom. The summed E-state index contributed by atoms with van der Waals surface area (Å²) in [6.45, 7) is 1.78. The largest absolute Gasteiger partial charge is 0.618 e. The lowest BCUT2D eigenvalue weighted by molar-refractivity contribution is -0.603. The summed E-state index contributed by atoms with van der Waals surface area (Å²) >= 11 is 5.63. The third kappa shape index (κ3) is 3.06. The lowest BCUT2D eigenvalue weighted by atomic mass is 10.2. The molecule has 0 radical (unpaired) electrons. The van der Waals surface area contributed by atoms with Gasteiger partial charge in [0.15, 0.2) is 6.20 Å². The molecule has 0 saturated carbocycles. The van der Waals surface area contributed by atoms with Crippen molar-refractivity contribution in [2.75, 3.05) is 19.6 Å². The summed E-state index contributed by atoms with van der Waals surface area (Å²) in [5.41, 5.74) is 0.784. The second-order valence-electron chi connectivity index (χ2n) is 4.14. The second kappa shape index (κ2) is 5.47. The average molecular weight is 273 g/mol. The Kier molecular flexibility index (Phi) is 3.95. The lowest BCUT2D eigenvalue weighted by Gasteiger charge is -2.20. The van der Waals surface area contributed by atoms with Crippen LogP contribution >= 0.6 is 11.6 Å². The number of aromatic nitrogens is 1. The van der Waals surface area contributed by atoms with Crippen LogP contribution in [0.4, 0.5) is 0 Å². The fraction of sp³-hybridized carbons (Fsp3) is 0.500. The van der Waals surface area contributed by atoms with E-state index in [0.717, 1.165) is 12.1 Å². The third-order valence-electron chi connectivity index (χ3n) is 2.86. The van der Waals surface area contributed by atoms with Gasteiger partial charge < -0.3 is 5.21 Å². The van der Waals surface area contributed by atoms with Gasteiger partial charge >= 0.3 is 0 Å². The quantitative estimate of drug-likeness (QED) is 0.274. The minimum Gasteiger partial charge on any atom is -0.618 e. The summed E-state index contributed by atoms with van der Waals surface area (Å²) in [6.07, 6.45) is 1.11. The van der Waals surface area contributed by atoms with E-state index in [1.165, 1.54) is 12.3 Å². The van der Waals surface area contributed by atoms with Crippen molar-refractivity contribution >= 4 is 11.6 Å². The number of halogens is 1. The molecule has 1 N–H and O–H groups in total. The number of pyridine rings is 1. The van der Waals surface area contributed by atoms with Gasteiger partial charge in [0.05, 0.1) is 0 Å². The average Bonchev–Trinajstić information content (AvgIpc) is 2.70. The zero-order valence-corrected chi connectivity index (χ0v) is 10.3. The van der Waals surface area contributed by atoms with Gasteiger partial charge in [0, 0.05) is 36.2 Å². The van der Waals surface area contributed by atoms with Gasteiger partial charge in [-0.05, 0) is 17.7 Å². The van der Waals surface area contributed by atoms with E-state index in [9.17, 15) is 15.3 Å². The van der Waals surface area contributed by atoms with Crippen molar-refractivity contribution in [3.8, 4) is 0 Å². The van der Waals surface area contributed by atoms with Crippen LogP contribution in [0.25, 0.3) is 0 Å². The number of hydrogen-bond acceptors (Lipinski definition) is 5. The Hall–Kier alpha value is -1.44. The molecule has 2 rings (SSSR count). The van der Waals surface area contributed by atoms with Crippen molar-refractivity contribution in [1.82, 2.24) is 10.2 Å². The Balaban J connectivity index is 2.03. The molecule has 0 bridgehead atoms. The predicted molar refractivity (Wildman–Crippen MR) is 64.5 cm³/mol. The van der Waals surface area contributed by atoms with Gasteiger partial charge in [-0.2, -0.15) is 4.73 Å². The van der Waals surface area contributed by atoms with Crippen LogP contribution in [0.1, 0.15) is 5.56 Å². The molecule has 1 saturated heterocycles. The second-order valence-corrected chi connectivity index (χ2v) is 4.53. The highest BCUT2D eigenvalue weighted by molar-refractivity contribution is 6.28. The van der Waals surface area contributed by atoms with Crippen LogP contribution < -0.4 is 10.0 Å². The molecule has 1 aromatic rings. The van der Waals surface area contributed by atoms with E-state index < -0.39 is 0 Å². The van der Waals surface area contributed by atoms with Gasteiger partial charge in [-0.15, -0.1) is 0 Å². The monoisotopic (exact) mass is 272 g/mol. The molecule has 7 nitrogen and oxygen atoms in total. The molecule has 0 amide bonds. The molecule has 1 aromatic heterocycles. The van der Waals surface area contributed by atoms with Crippen LogP contribution in [0, 0.1) is 15.3 Å². The van der Waals surface area contributed by atoms with E-state index in [4.69, 9.17) is 11.6 Å². The molecule has 0 aromatic carbocycles. The number of rotatable bonds is 4. The van der Waals surface area contributed by atoms with Crippen molar-refractivity contribution in [2.45, 2.75) is 12.7 Å². The van der Waals surface area contributed by atoms with E-state index in [2.05, 4.69) is 5.32 Å². The van der Waals surface area contributed by atoms with Crippen molar-refractivity contribution in [3.63, 3.8) is 0 Å². The summed E-state index contributed by atoms with van der Waals surface area (Å²) < 4.78 is 0.586. The van der Waals surface area contributed by atoms with Crippen LogP contribution in [0.5, 0.6) is 0 Å². The van der Waals surface area contributed by atoms with Crippen molar-refractivity contribution in [2.24, 2.45) is 0 Å². The molecule has 1 aliphatic heterocycles. The number of nitrogens with one attached hydrogen (secondary N) is 1. The van der Waals surface area contributed by atoms with Gasteiger partial charge in [-0.3, -0.25) is 20.3 Å². The molecule has 0 aliphatic carbocycles. The highest BCUT2D eigenvalue weighted by atomic mass is 35.5. The minimum absolute atomic E-state index is 0.111. The predicted octanol–water partition coefficient (Wildman–Crippen LogP) is -0.0186. The summed E-state index contributed by atoms with van der Waals surface area (Å²) in [6, 6.07) is 3.27. The van der Waals surface area contributed by atoms with Crippen molar-refractivity contribution in [1.29, 1.82) is 0 Å². The van der Waals surface area contributed by atoms with E-state index in [0.29, 0.717) is 17.8 Å². The van der Waals surface area contributed by atoms with Crippen LogP contribution in [-0.4, -0.2) is 35.6 Å². The van der Waals surface area contributed by atoms with E-state index >= 15 is 0 Å². The molecule has 18 heavy (non-hydrogen) atoms. The Morgan fingerprint density at radius 1 is 1.61 bits per heavy atom. The molecule has 1 atom stereocenters. The molecule has 0 spiro atoms. The van der Waals surface area contributed by atoms with Gasteiger partial charge in [0.25, 0.3) is 5.15 Å². The first-order valence-electron chi connectivity index (χ1n) is 5.53. The molecule has 1 aliphatic rings. The summed E-state index contributed by atoms with van der Waals surface area (Å²) in [7, 11) is 0. The molecule has 8 heteroatoms. The number of nitrogens with zero attached hydrogens (tertiary/aromatic N) is 3. The highest BCUT2D eigenvalue weighted by Gasteiger charge is 2.28. The zero-order valence-electron chi connectivity index (χ0n) is 9.58. The minimum atomic E-state index is -0.342. The van der Waals surface area contributed by atoms with Crippen LogP contribution in [0.3, 0.4) is 0 Å². The van der Waals surface area contributed by atoms with E-state index in [1.54, 1.807) is 6.07 Å². The van der Waals surface area contributed by atoms with E-state index in [-0.39, 0.29) is 22.8 Å². The molecule has 2 heterocycles. The molecular formula is C10H13ClN4O3. The van der Waals surface area contributed by atoms with Crippen LogP contribution in [-0.2, 0) is 6.54 Å². The first-order valence-corrected chi connectivity index (χ1v) is 5.91. The Labute approximate surface area is 109 Å². The first-order chi connectivity index (χ1) is 8.56. The molecule has 98 valence electrons. The van der Waals surface area contributed by atoms with Gasteiger partial charge in [0.1, 0.15) is 6.17 Å². The van der Waals surface area contributed by atoms with Gasteiger partial charge in [-0.25, -0.2) is 0 Å². The highest BCUT2D eigenvalue weighted by Crippen LogP contribution is 2.11.